The number of nitrogens with zero attached hydrogens (tertiary/aromatic N) is 1. The maximum Gasteiger partial charge on any atom is 0.240 e. The normalized spacial score (nSPS) is 11.4. The third-order valence-corrected chi connectivity index (χ3v) is 4.52. The van der Waals surface area contributed by atoms with E-state index in [1.54, 1.807) is 33.2 Å². The number of nitrogens with two attached hydrogens (primary N) is 1. The van der Waals surface area contributed by atoms with Gasteiger partial charge in [0.05, 0.1) is 4.90 Å². The SMILES string of the molecule is Cc1cc(CN)ccc1S(=O)(=O)NCCC(=O)N(C)C. The smallest absolute Gasteiger partial charge is 0.240 e. The molecule has 0 spiro atoms. The Labute approximate surface area is 120 Å². The zero-order chi connectivity index (χ0) is 15.3. The van der Waals surface area contributed by atoms with E-state index in [4.69, 9.17) is 5.73 Å². The Hall–Kier alpha value is -1.44. The summed E-state index contributed by atoms with van der Waals surface area (Å²) < 4.78 is 26.7. The van der Waals surface area contributed by atoms with Gasteiger partial charge < -0.3 is 10.6 Å². The molecule has 1 aromatic rings. The van der Waals surface area contributed by atoms with Gasteiger partial charge in [0, 0.05) is 33.6 Å². The van der Waals surface area contributed by atoms with E-state index in [1.807, 2.05) is 0 Å². The summed E-state index contributed by atoms with van der Waals surface area (Å²) in [6.45, 7) is 2.17. The van der Waals surface area contributed by atoms with Gasteiger partial charge in [-0.1, -0.05) is 12.1 Å². The molecule has 0 saturated heterocycles. The molecule has 0 heterocycles. The van der Waals surface area contributed by atoms with Crippen molar-refractivity contribution in [2.45, 2.75) is 24.8 Å². The maximum absolute atomic E-state index is 12.1. The molecule has 0 aliphatic heterocycles. The molecule has 20 heavy (non-hydrogen) atoms. The summed E-state index contributed by atoms with van der Waals surface area (Å²) in [6.07, 6.45) is 0.131. The van der Waals surface area contributed by atoms with Gasteiger partial charge in [-0.25, -0.2) is 13.1 Å². The van der Waals surface area contributed by atoms with Gasteiger partial charge in [-0.05, 0) is 24.1 Å². The van der Waals surface area contributed by atoms with Crippen molar-refractivity contribution in [2.75, 3.05) is 20.6 Å². The van der Waals surface area contributed by atoms with Gasteiger partial charge >= 0.3 is 0 Å². The molecule has 1 amide bonds. The molecule has 0 atom stereocenters. The topological polar surface area (TPSA) is 92.5 Å². The lowest BCUT2D eigenvalue weighted by atomic mass is 10.1. The van der Waals surface area contributed by atoms with E-state index >= 15 is 0 Å². The fourth-order valence-electron chi connectivity index (χ4n) is 1.73. The molecule has 0 bridgehead atoms. The number of nitrogens with one attached hydrogen (secondary N) is 1. The molecule has 3 N–H and O–H groups in total. The summed E-state index contributed by atoms with van der Waals surface area (Å²) in [5.74, 6) is -0.122. The van der Waals surface area contributed by atoms with E-state index in [9.17, 15) is 13.2 Å². The van der Waals surface area contributed by atoms with Gasteiger partial charge in [0.25, 0.3) is 0 Å². The number of sulfonamides is 1. The molecule has 0 unspecified atom stereocenters. The van der Waals surface area contributed by atoms with Crippen LogP contribution in [-0.2, 0) is 21.4 Å². The Morgan fingerprint density at radius 3 is 2.50 bits per heavy atom. The molecule has 0 fully saturated rings. The largest absolute Gasteiger partial charge is 0.349 e. The fourth-order valence-corrected chi connectivity index (χ4v) is 2.99. The lowest BCUT2D eigenvalue weighted by Gasteiger charge is -2.12. The first-order valence-corrected chi connectivity index (χ1v) is 7.75. The van der Waals surface area contributed by atoms with Gasteiger partial charge in [0.1, 0.15) is 0 Å². The second-order valence-electron chi connectivity index (χ2n) is 4.74. The lowest BCUT2D eigenvalue weighted by molar-refractivity contribution is -0.128. The molecule has 1 aromatic carbocycles. The van der Waals surface area contributed by atoms with Crippen molar-refractivity contribution in [3.63, 3.8) is 0 Å². The summed E-state index contributed by atoms with van der Waals surface area (Å²) in [4.78, 5) is 13.0. The van der Waals surface area contributed by atoms with Crippen LogP contribution in [0.2, 0.25) is 0 Å². The Kier molecular flexibility index (Phi) is 5.67. The van der Waals surface area contributed by atoms with Crippen molar-refractivity contribution < 1.29 is 13.2 Å². The van der Waals surface area contributed by atoms with Crippen molar-refractivity contribution >= 4 is 15.9 Å². The summed E-state index contributed by atoms with van der Waals surface area (Å²) in [6, 6.07) is 4.97. The van der Waals surface area contributed by atoms with E-state index in [0.29, 0.717) is 12.1 Å². The van der Waals surface area contributed by atoms with Gasteiger partial charge in [0.2, 0.25) is 15.9 Å². The highest BCUT2D eigenvalue weighted by atomic mass is 32.2. The minimum atomic E-state index is -3.60. The zero-order valence-corrected chi connectivity index (χ0v) is 12.8. The predicted octanol–water partition coefficient (Wildman–Crippen LogP) is 0.210. The van der Waals surface area contributed by atoms with Crippen LogP contribution in [0.15, 0.2) is 23.1 Å². The van der Waals surface area contributed by atoms with Crippen LogP contribution in [0.25, 0.3) is 0 Å². The van der Waals surface area contributed by atoms with Crippen molar-refractivity contribution in [3.05, 3.63) is 29.3 Å². The van der Waals surface area contributed by atoms with Gasteiger partial charge in [0.15, 0.2) is 0 Å². The second kappa shape index (κ2) is 6.83. The number of benzene rings is 1. The van der Waals surface area contributed by atoms with Crippen LogP contribution < -0.4 is 10.5 Å². The van der Waals surface area contributed by atoms with Crippen LogP contribution in [-0.4, -0.2) is 39.9 Å². The van der Waals surface area contributed by atoms with Gasteiger partial charge in [-0.3, -0.25) is 4.79 Å². The molecule has 112 valence electrons. The zero-order valence-electron chi connectivity index (χ0n) is 12.0. The number of carbonyl (C=O) groups is 1. The quantitative estimate of drug-likeness (QED) is 0.785. The third kappa shape index (κ3) is 4.29. The first-order valence-electron chi connectivity index (χ1n) is 6.27. The molecule has 0 aliphatic carbocycles. The second-order valence-corrected chi connectivity index (χ2v) is 6.48. The third-order valence-electron chi connectivity index (χ3n) is 2.89. The molecule has 0 aromatic heterocycles. The molecule has 6 nitrogen and oxygen atoms in total. The average molecular weight is 299 g/mol. The van der Waals surface area contributed by atoms with Crippen molar-refractivity contribution in [2.24, 2.45) is 5.73 Å². The molecular weight excluding hydrogens is 278 g/mol. The molecule has 0 saturated carbocycles. The average Bonchev–Trinajstić information content (AvgIpc) is 2.37. The number of aryl methyl sites for hydroxylation is 1. The summed E-state index contributed by atoms with van der Waals surface area (Å²) in [5.41, 5.74) is 7.03. The highest BCUT2D eigenvalue weighted by Gasteiger charge is 2.17. The van der Waals surface area contributed by atoms with Crippen LogP contribution in [0.1, 0.15) is 17.5 Å². The summed E-state index contributed by atoms with van der Waals surface area (Å²) in [5, 5.41) is 0. The predicted molar refractivity (Wildman–Crippen MR) is 77.6 cm³/mol. The highest BCUT2D eigenvalue weighted by Crippen LogP contribution is 2.16. The number of hydrogen-bond acceptors (Lipinski definition) is 4. The standard InChI is InChI=1S/C13H21N3O3S/c1-10-8-11(9-14)4-5-12(10)20(18,19)15-7-6-13(17)16(2)3/h4-5,8,15H,6-7,9,14H2,1-3H3. The molecule has 7 heteroatoms. The van der Waals surface area contributed by atoms with Gasteiger partial charge in [-0.15, -0.1) is 0 Å². The van der Waals surface area contributed by atoms with Crippen LogP contribution >= 0.6 is 0 Å². The van der Waals surface area contributed by atoms with Crippen LogP contribution in [0.4, 0.5) is 0 Å². The molecule has 1 rings (SSSR count). The number of carbonyl (C=O) groups excluding carboxylic acids is 1. The van der Waals surface area contributed by atoms with Gasteiger partial charge in [-0.2, -0.15) is 0 Å². The fraction of sp³-hybridized carbons (Fsp3) is 0.462. The van der Waals surface area contributed by atoms with E-state index in [-0.39, 0.29) is 23.8 Å². The van der Waals surface area contributed by atoms with Crippen molar-refractivity contribution in [1.29, 1.82) is 0 Å². The van der Waals surface area contributed by atoms with Crippen LogP contribution in [0, 0.1) is 6.92 Å². The van der Waals surface area contributed by atoms with Crippen molar-refractivity contribution in [3.8, 4) is 0 Å². The highest BCUT2D eigenvalue weighted by molar-refractivity contribution is 7.89. The number of rotatable bonds is 6. The monoisotopic (exact) mass is 299 g/mol. The molecule has 0 radical (unpaired) electrons. The Morgan fingerprint density at radius 2 is 2.00 bits per heavy atom. The Balaban J connectivity index is 2.77. The van der Waals surface area contributed by atoms with E-state index in [2.05, 4.69) is 4.72 Å². The van der Waals surface area contributed by atoms with Crippen LogP contribution in [0.5, 0.6) is 0 Å². The van der Waals surface area contributed by atoms with Crippen LogP contribution in [0.3, 0.4) is 0 Å². The number of amides is 1. The first-order chi connectivity index (χ1) is 9.27. The van der Waals surface area contributed by atoms with E-state index < -0.39 is 10.0 Å². The Bertz CT molecular complexity index is 583. The minimum Gasteiger partial charge on any atom is -0.349 e. The first kappa shape index (κ1) is 16.6. The maximum atomic E-state index is 12.1. The molecular formula is C13H21N3O3S. The van der Waals surface area contributed by atoms with E-state index in [1.165, 1.54) is 11.0 Å². The van der Waals surface area contributed by atoms with Crippen molar-refractivity contribution in [1.82, 2.24) is 9.62 Å². The minimum absolute atomic E-state index is 0.0808. The Morgan fingerprint density at radius 1 is 1.35 bits per heavy atom. The summed E-state index contributed by atoms with van der Waals surface area (Å²) >= 11 is 0. The lowest BCUT2D eigenvalue weighted by Crippen LogP contribution is -2.30. The summed E-state index contributed by atoms with van der Waals surface area (Å²) in [7, 11) is -0.336. The van der Waals surface area contributed by atoms with E-state index in [0.717, 1.165) is 5.56 Å². The molecule has 0 aliphatic rings. The number of hydrogen-bond donors (Lipinski definition) is 2.